The number of nitrogens with zero attached hydrogens (tertiary/aromatic N) is 6. The van der Waals surface area contributed by atoms with E-state index in [1.807, 2.05) is 21.6 Å². The summed E-state index contributed by atoms with van der Waals surface area (Å²) in [7, 11) is 1.78. The molecule has 8 heteroatoms. The highest BCUT2D eigenvalue weighted by molar-refractivity contribution is 5.79. The highest BCUT2D eigenvalue weighted by atomic mass is 15.3. The van der Waals surface area contributed by atoms with Gasteiger partial charge in [-0.15, -0.1) is 0 Å². The minimum absolute atomic E-state index is 0.712. The summed E-state index contributed by atoms with van der Waals surface area (Å²) in [5, 5.41) is 15.0. The van der Waals surface area contributed by atoms with Crippen molar-refractivity contribution in [1.29, 1.82) is 0 Å². The monoisotopic (exact) mass is 352 g/mol. The number of aromatic nitrogens is 5. The Hall–Kier alpha value is -3.16. The first kappa shape index (κ1) is 17.7. The molecule has 2 N–H and O–H groups in total. The lowest BCUT2D eigenvalue weighted by Crippen LogP contribution is -2.37. The molecule has 136 valence electrons. The van der Waals surface area contributed by atoms with Crippen LogP contribution in [0.3, 0.4) is 0 Å². The number of hydrogen-bond donors (Lipinski definition) is 2. The molecule has 3 rings (SSSR count). The summed E-state index contributed by atoms with van der Waals surface area (Å²) in [6.45, 7) is 3.16. The van der Waals surface area contributed by atoms with E-state index in [0.29, 0.717) is 13.1 Å². The van der Waals surface area contributed by atoms with E-state index < -0.39 is 0 Å². The number of benzene rings is 1. The summed E-state index contributed by atoms with van der Waals surface area (Å²) in [5.41, 5.74) is 2.39. The van der Waals surface area contributed by atoms with Crippen molar-refractivity contribution in [2.24, 2.45) is 4.99 Å². The fraction of sp³-hybridized carbons (Fsp3) is 0.333. The molecule has 0 aliphatic heterocycles. The average Bonchev–Trinajstić information content (AvgIpc) is 3.35. The van der Waals surface area contributed by atoms with E-state index in [4.69, 9.17) is 0 Å². The van der Waals surface area contributed by atoms with Crippen LogP contribution in [0.1, 0.15) is 17.5 Å². The van der Waals surface area contributed by atoms with Gasteiger partial charge in [-0.3, -0.25) is 9.67 Å². The van der Waals surface area contributed by atoms with Gasteiger partial charge in [-0.2, -0.15) is 10.2 Å². The largest absolute Gasteiger partial charge is 0.356 e. The summed E-state index contributed by atoms with van der Waals surface area (Å²) in [6, 6.07) is 10.4. The lowest BCUT2D eigenvalue weighted by Gasteiger charge is -2.12. The van der Waals surface area contributed by atoms with E-state index in [9.17, 15) is 0 Å². The second-order valence-corrected chi connectivity index (χ2v) is 5.89. The molecule has 3 aromatic rings. The van der Waals surface area contributed by atoms with Crippen LogP contribution in [-0.4, -0.2) is 44.1 Å². The van der Waals surface area contributed by atoms with Gasteiger partial charge in [0.25, 0.3) is 0 Å². The van der Waals surface area contributed by atoms with E-state index in [0.717, 1.165) is 25.5 Å². The summed E-state index contributed by atoms with van der Waals surface area (Å²) >= 11 is 0. The zero-order valence-electron chi connectivity index (χ0n) is 14.9. The van der Waals surface area contributed by atoms with E-state index in [1.54, 1.807) is 25.9 Å². The Balaban J connectivity index is 1.43. The van der Waals surface area contributed by atoms with E-state index in [1.165, 1.54) is 11.1 Å². The van der Waals surface area contributed by atoms with Gasteiger partial charge in [0.15, 0.2) is 5.96 Å². The number of rotatable bonds is 8. The van der Waals surface area contributed by atoms with Crippen LogP contribution in [0.5, 0.6) is 0 Å². The number of aryl methyl sites for hydroxylation is 1. The van der Waals surface area contributed by atoms with Crippen LogP contribution in [0.15, 0.2) is 60.4 Å². The first-order valence-corrected chi connectivity index (χ1v) is 8.65. The minimum atomic E-state index is 0.712. The van der Waals surface area contributed by atoms with Crippen molar-refractivity contribution < 1.29 is 0 Å². The Morgan fingerprint density at radius 1 is 1.12 bits per heavy atom. The van der Waals surface area contributed by atoms with Gasteiger partial charge in [0.05, 0.1) is 6.54 Å². The van der Waals surface area contributed by atoms with Crippen LogP contribution >= 0.6 is 0 Å². The molecule has 0 fully saturated rings. The Morgan fingerprint density at radius 2 is 2.04 bits per heavy atom. The third kappa shape index (κ3) is 5.44. The summed E-state index contributed by atoms with van der Waals surface area (Å²) in [4.78, 5) is 8.24. The van der Waals surface area contributed by atoms with Gasteiger partial charge in [-0.1, -0.05) is 24.3 Å². The molecule has 0 unspecified atom stereocenters. The third-order valence-electron chi connectivity index (χ3n) is 3.90. The summed E-state index contributed by atoms with van der Waals surface area (Å²) in [5.74, 6) is 0.798. The van der Waals surface area contributed by atoms with Crippen LogP contribution in [0.2, 0.25) is 0 Å². The zero-order chi connectivity index (χ0) is 18.0. The maximum atomic E-state index is 4.27. The number of aliphatic imine (C=N–C) groups is 1. The molecular formula is C18H24N8. The van der Waals surface area contributed by atoms with Crippen molar-refractivity contribution in [3.05, 3.63) is 66.5 Å². The van der Waals surface area contributed by atoms with Crippen LogP contribution in [0.4, 0.5) is 0 Å². The van der Waals surface area contributed by atoms with Crippen molar-refractivity contribution in [2.75, 3.05) is 13.6 Å². The maximum absolute atomic E-state index is 4.27. The van der Waals surface area contributed by atoms with Crippen LogP contribution in [0.25, 0.3) is 0 Å². The number of hydrogen-bond acceptors (Lipinski definition) is 4. The highest BCUT2D eigenvalue weighted by Crippen LogP contribution is 2.06. The molecule has 0 aliphatic carbocycles. The molecule has 0 amide bonds. The number of nitrogens with one attached hydrogen (secondary N) is 2. The average molecular weight is 352 g/mol. The van der Waals surface area contributed by atoms with Crippen molar-refractivity contribution in [1.82, 2.24) is 35.2 Å². The van der Waals surface area contributed by atoms with E-state index >= 15 is 0 Å². The summed E-state index contributed by atoms with van der Waals surface area (Å²) in [6.07, 6.45) is 8.02. The molecule has 2 aromatic heterocycles. The molecule has 0 atom stereocenters. The van der Waals surface area contributed by atoms with Gasteiger partial charge in [0.1, 0.15) is 12.7 Å². The molecule has 8 nitrogen and oxygen atoms in total. The Morgan fingerprint density at radius 3 is 2.81 bits per heavy atom. The maximum Gasteiger partial charge on any atom is 0.191 e. The number of guanidine groups is 1. The fourth-order valence-electron chi connectivity index (χ4n) is 2.63. The van der Waals surface area contributed by atoms with Gasteiger partial charge < -0.3 is 10.6 Å². The van der Waals surface area contributed by atoms with Gasteiger partial charge >= 0.3 is 0 Å². The highest BCUT2D eigenvalue weighted by Gasteiger charge is 2.01. The molecule has 0 bridgehead atoms. The second-order valence-electron chi connectivity index (χ2n) is 5.89. The zero-order valence-corrected chi connectivity index (χ0v) is 14.9. The van der Waals surface area contributed by atoms with Crippen molar-refractivity contribution >= 4 is 5.96 Å². The predicted molar refractivity (Wildman–Crippen MR) is 101 cm³/mol. The first-order valence-electron chi connectivity index (χ1n) is 8.65. The molecule has 1 aromatic carbocycles. The van der Waals surface area contributed by atoms with Crippen molar-refractivity contribution in [2.45, 2.75) is 26.1 Å². The smallest absolute Gasteiger partial charge is 0.191 e. The van der Waals surface area contributed by atoms with E-state index in [2.05, 4.69) is 55.1 Å². The predicted octanol–water partition coefficient (Wildman–Crippen LogP) is 1.28. The molecule has 0 spiro atoms. The SMILES string of the molecule is CN=C(NCCCn1cccn1)NCc1cccc(Cn2cncn2)c1. The van der Waals surface area contributed by atoms with E-state index in [-0.39, 0.29) is 0 Å². The molecule has 0 saturated heterocycles. The molecule has 26 heavy (non-hydrogen) atoms. The minimum Gasteiger partial charge on any atom is -0.356 e. The first-order chi connectivity index (χ1) is 12.8. The third-order valence-corrected chi connectivity index (χ3v) is 3.90. The summed E-state index contributed by atoms with van der Waals surface area (Å²) < 4.78 is 3.74. The Bertz CT molecular complexity index is 792. The lowest BCUT2D eigenvalue weighted by atomic mass is 10.1. The normalized spacial score (nSPS) is 11.5. The quantitative estimate of drug-likeness (QED) is 0.362. The van der Waals surface area contributed by atoms with Gasteiger partial charge in [0, 0.05) is 39.1 Å². The molecule has 0 saturated carbocycles. The van der Waals surface area contributed by atoms with Crippen molar-refractivity contribution in [3.63, 3.8) is 0 Å². The second kappa shape index (κ2) is 9.36. The van der Waals surface area contributed by atoms with Gasteiger partial charge in [0.2, 0.25) is 0 Å². The standard InChI is InChI=1S/C18H24N8/c1-19-18(21-7-3-9-25-10-4-8-23-25)22-12-16-5-2-6-17(11-16)13-26-15-20-14-24-26/h2,4-6,8,10-11,14-15H,3,7,9,12-13H2,1H3,(H2,19,21,22). The fourth-order valence-corrected chi connectivity index (χ4v) is 2.63. The molecule has 0 aliphatic rings. The molecule has 0 radical (unpaired) electrons. The lowest BCUT2D eigenvalue weighted by molar-refractivity contribution is 0.570. The Kier molecular flexibility index (Phi) is 6.35. The van der Waals surface area contributed by atoms with Crippen LogP contribution in [0, 0.1) is 0 Å². The Labute approximate surface area is 153 Å². The van der Waals surface area contributed by atoms with Crippen LogP contribution in [-0.2, 0) is 19.6 Å². The van der Waals surface area contributed by atoms with Gasteiger partial charge in [-0.25, -0.2) is 9.67 Å². The van der Waals surface area contributed by atoms with Gasteiger partial charge in [-0.05, 0) is 23.6 Å². The van der Waals surface area contributed by atoms with Crippen molar-refractivity contribution in [3.8, 4) is 0 Å². The molecular weight excluding hydrogens is 328 g/mol. The molecule has 2 heterocycles. The topological polar surface area (TPSA) is 85.0 Å². The van der Waals surface area contributed by atoms with Crippen LogP contribution < -0.4 is 10.6 Å².